The van der Waals surface area contributed by atoms with E-state index in [1.54, 1.807) is 4.68 Å². The number of para-hydroxylation sites is 1. The van der Waals surface area contributed by atoms with E-state index in [2.05, 4.69) is 29.4 Å². The van der Waals surface area contributed by atoms with E-state index in [0.29, 0.717) is 5.69 Å². The number of nitriles is 1. The van der Waals surface area contributed by atoms with E-state index in [4.69, 9.17) is 0 Å². The average Bonchev–Trinajstić information content (AvgIpc) is 2.99. The summed E-state index contributed by atoms with van der Waals surface area (Å²) in [4.78, 5) is 0. The molecule has 102 valence electrons. The Bertz CT molecular complexity index is 797. The van der Waals surface area contributed by atoms with Crippen molar-refractivity contribution in [3.63, 3.8) is 0 Å². The molecule has 1 aromatic heterocycles. The Balaban J connectivity index is 2.26. The first-order chi connectivity index (χ1) is 10.3. The highest BCUT2D eigenvalue weighted by Crippen LogP contribution is 2.26. The van der Waals surface area contributed by atoms with Crippen LogP contribution in [0.3, 0.4) is 0 Å². The van der Waals surface area contributed by atoms with E-state index in [9.17, 15) is 5.26 Å². The summed E-state index contributed by atoms with van der Waals surface area (Å²) in [6.07, 6.45) is 0.895. The monoisotopic (exact) mass is 274 g/mol. The van der Waals surface area contributed by atoms with E-state index in [0.717, 1.165) is 23.4 Å². The van der Waals surface area contributed by atoms with Crippen molar-refractivity contribution in [1.82, 2.24) is 15.0 Å². The van der Waals surface area contributed by atoms with Gasteiger partial charge < -0.3 is 0 Å². The van der Waals surface area contributed by atoms with Crippen LogP contribution < -0.4 is 0 Å². The zero-order valence-corrected chi connectivity index (χ0v) is 11.7. The van der Waals surface area contributed by atoms with Gasteiger partial charge in [-0.1, -0.05) is 60.7 Å². The summed E-state index contributed by atoms with van der Waals surface area (Å²) in [6.45, 7) is 2.10. The Morgan fingerprint density at radius 1 is 1.05 bits per heavy atom. The molecule has 0 saturated carbocycles. The summed E-state index contributed by atoms with van der Waals surface area (Å²) >= 11 is 0. The van der Waals surface area contributed by atoms with Crippen LogP contribution in [0.4, 0.5) is 0 Å². The Morgan fingerprint density at radius 2 is 1.76 bits per heavy atom. The quantitative estimate of drug-likeness (QED) is 0.735. The second kappa shape index (κ2) is 5.59. The van der Waals surface area contributed by atoms with E-state index in [-0.39, 0.29) is 0 Å². The highest BCUT2D eigenvalue weighted by Gasteiger charge is 2.17. The van der Waals surface area contributed by atoms with Crippen molar-refractivity contribution >= 4 is 0 Å². The van der Waals surface area contributed by atoms with Crippen LogP contribution in [0.5, 0.6) is 0 Å². The molecule has 0 unspecified atom stereocenters. The maximum atomic E-state index is 9.30. The Morgan fingerprint density at radius 3 is 2.48 bits per heavy atom. The predicted octanol–water partition coefficient (Wildman–Crippen LogP) is 3.37. The van der Waals surface area contributed by atoms with Crippen LogP contribution >= 0.6 is 0 Å². The van der Waals surface area contributed by atoms with E-state index in [1.807, 2.05) is 48.5 Å². The van der Waals surface area contributed by atoms with Crippen molar-refractivity contribution in [1.29, 1.82) is 5.26 Å². The topological polar surface area (TPSA) is 54.5 Å². The first-order valence-corrected chi connectivity index (χ1v) is 6.84. The molecule has 1 heterocycles. The minimum absolute atomic E-state index is 0.340. The fourth-order valence-electron chi connectivity index (χ4n) is 2.40. The van der Waals surface area contributed by atoms with Gasteiger partial charge in [-0.2, -0.15) is 5.26 Å². The van der Waals surface area contributed by atoms with Gasteiger partial charge in [0.05, 0.1) is 5.69 Å². The largest absolute Gasteiger partial charge is 0.211 e. The van der Waals surface area contributed by atoms with Gasteiger partial charge in [0.25, 0.3) is 0 Å². The first-order valence-electron chi connectivity index (χ1n) is 6.84. The van der Waals surface area contributed by atoms with Crippen molar-refractivity contribution in [2.75, 3.05) is 0 Å². The van der Waals surface area contributed by atoms with Crippen molar-refractivity contribution in [3.05, 3.63) is 65.9 Å². The third-order valence-corrected chi connectivity index (χ3v) is 3.42. The molecule has 0 bridgehead atoms. The molecule has 4 nitrogen and oxygen atoms in total. The van der Waals surface area contributed by atoms with Crippen molar-refractivity contribution in [2.45, 2.75) is 13.3 Å². The van der Waals surface area contributed by atoms with Gasteiger partial charge in [-0.25, -0.2) is 4.68 Å². The van der Waals surface area contributed by atoms with Gasteiger partial charge >= 0.3 is 0 Å². The van der Waals surface area contributed by atoms with Crippen LogP contribution in [-0.2, 0) is 6.42 Å². The third kappa shape index (κ3) is 2.30. The van der Waals surface area contributed by atoms with Gasteiger partial charge in [-0.05, 0) is 18.1 Å². The molecule has 3 aromatic rings. The van der Waals surface area contributed by atoms with Crippen LogP contribution in [0.25, 0.3) is 16.9 Å². The van der Waals surface area contributed by atoms with Gasteiger partial charge in [-0.3, -0.25) is 0 Å². The van der Waals surface area contributed by atoms with Crippen molar-refractivity contribution < 1.29 is 0 Å². The zero-order chi connectivity index (χ0) is 14.7. The lowest BCUT2D eigenvalue weighted by atomic mass is 10.1. The summed E-state index contributed by atoms with van der Waals surface area (Å²) in [5.41, 5.74) is 4.15. The zero-order valence-electron chi connectivity index (χ0n) is 11.7. The van der Waals surface area contributed by atoms with Gasteiger partial charge in [0.15, 0.2) is 5.69 Å². The molecule has 0 aliphatic rings. The van der Waals surface area contributed by atoms with E-state index < -0.39 is 0 Å². The maximum absolute atomic E-state index is 9.30. The van der Waals surface area contributed by atoms with Crippen LogP contribution in [-0.4, -0.2) is 15.0 Å². The van der Waals surface area contributed by atoms with Gasteiger partial charge in [0, 0.05) is 5.56 Å². The van der Waals surface area contributed by atoms with Crippen LogP contribution in [0.1, 0.15) is 18.2 Å². The summed E-state index contributed by atoms with van der Waals surface area (Å²) in [5.74, 6) is 0. The number of rotatable bonds is 3. The lowest BCUT2D eigenvalue weighted by molar-refractivity contribution is 0.797. The van der Waals surface area contributed by atoms with Gasteiger partial charge in [0.1, 0.15) is 11.8 Å². The number of benzene rings is 2. The van der Waals surface area contributed by atoms with Gasteiger partial charge in [0.2, 0.25) is 0 Å². The molecular formula is C17H14N4. The molecular weight excluding hydrogens is 260 g/mol. The second-order valence-corrected chi connectivity index (χ2v) is 4.66. The lowest BCUT2D eigenvalue weighted by Crippen LogP contribution is -2.03. The highest BCUT2D eigenvalue weighted by molar-refractivity contribution is 5.67. The maximum Gasteiger partial charge on any atom is 0.191 e. The molecule has 0 radical (unpaired) electrons. The number of hydrogen-bond donors (Lipinski definition) is 0. The smallest absolute Gasteiger partial charge is 0.191 e. The molecule has 0 spiro atoms. The number of aryl methyl sites for hydroxylation is 1. The first kappa shape index (κ1) is 13.1. The Kier molecular flexibility index (Phi) is 3.48. The summed E-state index contributed by atoms with van der Waals surface area (Å²) in [7, 11) is 0. The fraction of sp³-hybridized carbons (Fsp3) is 0.118. The molecule has 0 fully saturated rings. The normalized spacial score (nSPS) is 10.3. The highest BCUT2D eigenvalue weighted by atomic mass is 15.4. The van der Waals surface area contributed by atoms with Gasteiger partial charge in [-0.15, -0.1) is 5.10 Å². The minimum atomic E-state index is 0.340. The molecule has 0 N–H and O–H groups in total. The molecule has 0 aliphatic carbocycles. The molecule has 0 amide bonds. The fourth-order valence-corrected chi connectivity index (χ4v) is 2.40. The van der Waals surface area contributed by atoms with E-state index >= 15 is 0 Å². The minimum Gasteiger partial charge on any atom is -0.211 e. The number of aromatic nitrogens is 3. The number of hydrogen-bond acceptors (Lipinski definition) is 3. The molecule has 4 heteroatoms. The molecule has 0 saturated heterocycles. The van der Waals surface area contributed by atoms with Crippen molar-refractivity contribution in [3.8, 4) is 23.0 Å². The summed E-state index contributed by atoms with van der Waals surface area (Å²) < 4.78 is 1.76. The molecule has 3 rings (SSSR count). The molecule has 0 aliphatic heterocycles. The number of nitrogens with zero attached hydrogens (tertiary/aromatic N) is 4. The summed E-state index contributed by atoms with van der Waals surface area (Å²) in [6, 6.07) is 19.9. The Hall–Kier alpha value is -2.93. The lowest BCUT2D eigenvalue weighted by Gasteiger charge is -2.10. The second-order valence-electron chi connectivity index (χ2n) is 4.66. The van der Waals surface area contributed by atoms with Crippen LogP contribution in [0.2, 0.25) is 0 Å². The average molecular weight is 274 g/mol. The van der Waals surface area contributed by atoms with Crippen LogP contribution in [0.15, 0.2) is 54.6 Å². The third-order valence-electron chi connectivity index (χ3n) is 3.42. The SMILES string of the molecule is CCc1ccccc1-n1nnc(C#N)c1-c1ccccc1. The molecule has 2 aromatic carbocycles. The van der Waals surface area contributed by atoms with Crippen molar-refractivity contribution in [2.24, 2.45) is 0 Å². The molecule has 0 atom stereocenters. The summed E-state index contributed by atoms with van der Waals surface area (Å²) in [5, 5.41) is 17.5. The van der Waals surface area contributed by atoms with Crippen LogP contribution in [0, 0.1) is 11.3 Å². The predicted molar refractivity (Wildman–Crippen MR) is 80.9 cm³/mol. The standard InChI is InChI=1S/C17H14N4/c1-2-13-8-6-7-11-16(13)21-17(15(12-18)19-20-21)14-9-4-3-5-10-14/h3-11H,2H2,1H3. The molecule has 21 heavy (non-hydrogen) atoms. The Labute approximate surface area is 123 Å². The van der Waals surface area contributed by atoms with E-state index in [1.165, 1.54) is 5.56 Å².